The number of rotatable bonds is 6. The lowest BCUT2D eigenvalue weighted by Crippen LogP contribution is -2.46. The minimum atomic E-state index is -0.769. The number of hydrogen-bond donors (Lipinski definition) is 1. The number of ether oxygens (including phenoxy) is 3. The maximum absolute atomic E-state index is 17.2. The second-order valence-electron chi connectivity index (χ2n) is 12.6. The Balaban J connectivity index is 1.37. The van der Waals surface area contributed by atoms with Gasteiger partial charge in [0.25, 0.3) is 0 Å². The molecule has 0 aliphatic carbocycles. The van der Waals surface area contributed by atoms with E-state index in [9.17, 15) is 0 Å². The van der Waals surface area contributed by atoms with E-state index in [1.165, 1.54) is 12.1 Å². The summed E-state index contributed by atoms with van der Waals surface area (Å²) in [5.74, 6) is -0.743. The first-order valence-corrected chi connectivity index (χ1v) is 16.7. The topological polar surface area (TPSA) is 90.3 Å². The molecule has 3 fully saturated rings. The number of fused-ring (bicyclic) bond motifs is 2. The molecule has 0 bridgehead atoms. The third kappa shape index (κ3) is 4.58. The summed E-state index contributed by atoms with van der Waals surface area (Å²) < 4.78 is 50.9. The number of nitrogen functional groups attached to an aromatic ring is 1. The molecular weight excluding hydrogens is 646 g/mol. The summed E-state index contributed by atoms with van der Waals surface area (Å²) in [4.78, 5) is 17.6. The summed E-state index contributed by atoms with van der Waals surface area (Å²) in [6.07, 6.45) is 5.32. The number of benzene rings is 2. The van der Waals surface area contributed by atoms with Gasteiger partial charge in [-0.05, 0) is 43.9 Å². The average Bonchev–Trinajstić information content (AvgIpc) is 3.82. The van der Waals surface area contributed by atoms with Crippen LogP contribution in [0.2, 0.25) is 5.02 Å². The van der Waals surface area contributed by atoms with Crippen molar-refractivity contribution in [2.75, 3.05) is 50.2 Å². The van der Waals surface area contributed by atoms with Crippen molar-refractivity contribution >= 4 is 60.4 Å². The largest absolute Gasteiger partial charge is 0.489 e. The van der Waals surface area contributed by atoms with Crippen LogP contribution in [0.3, 0.4) is 0 Å². The Bertz CT molecular complexity index is 2040. The fraction of sp³-hybridized carbons (Fsp3) is 0.382. The highest BCUT2D eigenvalue weighted by Crippen LogP contribution is 2.53. The van der Waals surface area contributed by atoms with Crippen LogP contribution >= 0.6 is 22.9 Å². The van der Waals surface area contributed by atoms with Crippen LogP contribution in [0.15, 0.2) is 36.9 Å². The van der Waals surface area contributed by atoms with Crippen molar-refractivity contribution < 1.29 is 23.0 Å². The van der Waals surface area contributed by atoms with Gasteiger partial charge in [-0.1, -0.05) is 35.9 Å². The highest BCUT2D eigenvalue weighted by molar-refractivity contribution is 7.23. The van der Waals surface area contributed by atoms with Gasteiger partial charge < -0.3 is 24.8 Å². The maximum atomic E-state index is 17.2. The molecule has 0 amide bonds. The van der Waals surface area contributed by atoms with Gasteiger partial charge in [-0.25, -0.2) is 13.6 Å². The third-order valence-electron chi connectivity index (χ3n) is 9.89. The quantitative estimate of drug-likeness (QED) is 0.168. The summed E-state index contributed by atoms with van der Waals surface area (Å²) in [6, 6.07) is 2.20. The molecule has 4 aliphatic rings. The highest BCUT2D eigenvalue weighted by Gasteiger charge is 2.47. The van der Waals surface area contributed by atoms with Gasteiger partial charge in [0.1, 0.15) is 30.4 Å². The number of hydrogen-bond acceptors (Lipinski definition) is 9. The van der Waals surface area contributed by atoms with Gasteiger partial charge >= 0.3 is 6.01 Å². The number of aromatic nitrogens is 2. The van der Waals surface area contributed by atoms with Gasteiger partial charge in [0.05, 0.1) is 50.9 Å². The van der Waals surface area contributed by atoms with E-state index in [4.69, 9.17) is 43.1 Å². The fourth-order valence-corrected chi connectivity index (χ4v) is 9.04. The smallest absolute Gasteiger partial charge is 0.319 e. The summed E-state index contributed by atoms with van der Waals surface area (Å²) in [6.45, 7) is 19.3. The second-order valence-corrected chi connectivity index (χ2v) is 14.0. The lowest BCUT2D eigenvalue weighted by Gasteiger charge is -2.34. The number of anilines is 2. The third-order valence-corrected chi connectivity index (χ3v) is 11.3. The van der Waals surface area contributed by atoms with Crippen LogP contribution in [0, 0.1) is 18.2 Å². The van der Waals surface area contributed by atoms with Crippen LogP contribution in [0.1, 0.15) is 25.7 Å². The van der Waals surface area contributed by atoms with Gasteiger partial charge in [-0.2, -0.15) is 9.97 Å². The summed E-state index contributed by atoms with van der Waals surface area (Å²) in [7, 11) is 0. The molecule has 2 aromatic heterocycles. The van der Waals surface area contributed by atoms with Crippen molar-refractivity contribution in [2.24, 2.45) is 0 Å². The number of nitrogens with two attached hydrogens (primary N) is 1. The summed E-state index contributed by atoms with van der Waals surface area (Å²) >= 11 is 8.01. The normalized spacial score (nSPS) is 24.0. The molecule has 9 nitrogen and oxygen atoms in total. The van der Waals surface area contributed by atoms with E-state index < -0.39 is 11.6 Å². The van der Waals surface area contributed by atoms with E-state index in [1.807, 2.05) is 4.90 Å². The van der Waals surface area contributed by atoms with Crippen LogP contribution in [0.4, 0.5) is 25.3 Å². The molecule has 2 aromatic carbocycles. The predicted molar refractivity (Wildman–Crippen MR) is 180 cm³/mol. The Morgan fingerprint density at radius 1 is 1.28 bits per heavy atom. The first-order chi connectivity index (χ1) is 22.7. The zero-order chi connectivity index (χ0) is 32.6. The molecule has 0 saturated carbocycles. The maximum Gasteiger partial charge on any atom is 0.319 e. The van der Waals surface area contributed by atoms with E-state index in [0.29, 0.717) is 31.0 Å². The summed E-state index contributed by atoms with van der Waals surface area (Å²) in [5.41, 5.74) is 7.19. The van der Waals surface area contributed by atoms with Gasteiger partial charge in [0, 0.05) is 24.1 Å². The zero-order valence-electron chi connectivity index (χ0n) is 25.5. The molecule has 242 valence electrons. The number of halogens is 3. The molecule has 0 radical (unpaired) electrons. The Kier molecular flexibility index (Phi) is 7.29. The van der Waals surface area contributed by atoms with Crippen molar-refractivity contribution in [3.8, 4) is 22.9 Å². The Morgan fingerprint density at radius 2 is 2.13 bits per heavy atom. The fourth-order valence-electron chi connectivity index (χ4n) is 7.77. The molecule has 3 atom stereocenters. The lowest BCUT2D eigenvalue weighted by molar-refractivity contribution is 0.108. The van der Waals surface area contributed by atoms with E-state index in [0.717, 1.165) is 55.7 Å². The predicted octanol–water partition coefficient (Wildman–Crippen LogP) is 7.29. The number of nitrogens with zero attached hydrogens (tertiary/aromatic N) is 5. The standard InChI is InChI=1S/C34H31ClF2N6O3S/c1-4-18-15-45-29-24-27(26(37)22(25(29)35)20-6-7-21(36)30-23(20)28(39-3)31(38)47-30)40-33(41-32(24)43(18)19-8-11-44-14-19)46-16-34-9-5-10-42(34)13-17(2)12-34/h4,6-7,18-19H,1-2,5,8-16,38H2/t18?,19?,34-/m0/s1. The van der Waals surface area contributed by atoms with Crippen molar-refractivity contribution in [2.45, 2.75) is 43.3 Å². The Morgan fingerprint density at radius 3 is 2.89 bits per heavy atom. The van der Waals surface area contributed by atoms with Crippen molar-refractivity contribution in [3.63, 3.8) is 0 Å². The molecule has 2 N–H and O–H groups in total. The Labute approximate surface area is 279 Å². The summed E-state index contributed by atoms with van der Waals surface area (Å²) in [5, 5.41) is 0.569. The first kappa shape index (κ1) is 30.3. The minimum absolute atomic E-state index is 0.0175. The lowest BCUT2D eigenvalue weighted by atomic mass is 9.94. The van der Waals surface area contributed by atoms with E-state index in [-0.39, 0.29) is 78.4 Å². The molecular formula is C34H31ClF2N6O3S. The van der Waals surface area contributed by atoms with Gasteiger partial charge in [0.2, 0.25) is 5.69 Å². The second kappa shape index (κ2) is 11.3. The van der Waals surface area contributed by atoms with Crippen LogP contribution in [-0.4, -0.2) is 72.0 Å². The molecule has 3 saturated heterocycles. The molecule has 8 rings (SSSR count). The van der Waals surface area contributed by atoms with Crippen molar-refractivity contribution in [3.05, 3.63) is 65.0 Å². The first-order valence-electron chi connectivity index (χ1n) is 15.5. The van der Waals surface area contributed by atoms with Crippen molar-refractivity contribution in [1.29, 1.82) is 0 Å². The molecule has 4 aliphatic heterocycles. The van der Waals surface area contributed by atoms with Crippen LogP contribution in [0.5, 0.6) is 11.8 Å². The molecule has 0 spiro atoms. The van der Waals surface area contributed by atoms with Crippen molar-refractivity contribution in [1.82, 2.24) is 14.9 Å². The van der Waals surface area contributed by atoms with Crippen LogP contribution in [0.25, 0.3) is 37.0 Å². The zero-order valence-corrected chi connectivity index (χ0v) is 27.0. The van der Waals surface area contributed by atoms with E-state index in [2.05, 4.69) is 27.9 Å². The van der Waals surface area contributed by atoms with E-state index in [1.54, 1.807) is 6.08 Å². The molecule has 2 unspecified atom stereocenters. The molecule has 47 heavy (non-hydrogen) atoms. The van der Waals surface area contributed by atoms with Crippen LogP contribution < -0.4 is 20.1 Å². The molecule has 13 heteroatoms. The van der Waals surface area contributed by atoms with E-state index >= 15 is 8.78 Å². The SMILES string of the molecule is [C-]#[N+]c1c(N)sc2c(F)ccc(-c3c(Cl)c4c5c(nc(OC[C@@]67CCCN6CC(=C)C7)nc5c3F)N(C3CCOC3)C(C=C)CO4)c12. The molecule has 6 heterocycles. The minimum Gasteiger partial charge on any atom is -0.489 e. The molecule has 4 aromatic rings. The van der Waals surface area contributed by atoms with Gasteiger partial charge in [0.15, 0.2) is 11.6 Å². The average molecular weight is 677 g/mol. The van der Waals surface area contributed by atoms with Gasteiger partial charge in [-0.15, -0.1) is 17.9 Å². The number of thiophene rings is 1. The Hall–Kier alpha value is -4.02. The highest BCUT2D eigenvalue weighted by atomic mass is 35.5. The van der Waals surface area contributed by atoms with Crippen LogP contribution in [-0.2, 0) is 4.74 Å². The van der Waals surface area contributed by atoms with Gasteiger partial charge in [-0.3, -0.25) is 4.90 Å². The monoisotopic (exact) mass is 676 g/mol.